The second-order valence-corrected chi connectivity index (χ2v) is 4.30. The summed E-state index contributed by atoms with van der Waals surface area (Å²) in [6, 6.07) is 1.67. The van der Waals surface area contributed by atoms with E-state index in [0.717, 1.165) is 18.0 Å². The minimum absolute atomic E-state index is 0.786. The van der Waals surface area contributed by atoms with Gasteiger partial charge in [0.05, 0.1) is 0 Å². The molecule has 64 valence electrons. The smallest absolute Gasteiger partial charge is 0.00978 e. The first-order valence-electron chi connectivity index (χ1n) is 5.12. The second-order valence-electron chi connectivity index (χ2n) is 4.30. The van der Waals surface area contributed by atoms with E-state index in [1.165, 1.54) is 38.5 Å². The maximum Gasteiger partial charge on any atom is 0.00978 e. The molecule has 1 heteroatoms. The largest absolute Gasteiger partial charge is 0.311 e. The molecule has 0 aromatic heterocycles. The molecule has 2 aliphatic rings. The van der Waals surface area contributed by atoms with Gasteiger partial charge in [0.25, 0.3) is 0 Å². The minimum atomic E-state index is 0.786. The number of nitrogens with one attached hydrogen (secondary N) is 1. The Morgan fingerprint density at radius 2 is 1.73 bits per heavy atom. The lowest BCUT2D eigenvalue weighted by Crippen LogP contribution is -2.46. The van der Waals surface area contributed by atoms with Crippen molar-refractivity contribution < 1.29 is 0 Å². The number of piperidine rings is 1. The van der Waals surface area contributed by atoms with Gasteiger partial charge in [-0.15, -0.1) is 0 Å². The van der Waals surface area contributed by atoms with Crippen molar-refractivity contribution in [1.29, 1.82) is 0 Å². The van der Waals surface area contributed by atoms with Gasteiger partial charge in [-0.25, -0.2) is 0 Å². The van der Waals surface area contributed by atoms with Crippen LogP contribution in [0.5, 0.6) is 0 Å². The normalized spacial score (nSPS) is 40.1. The Morgan fingerprint density at radius 1 is 1.00 bits per heavy atom. The summed E-state index contributed by atoms with van der Waals surface area (Å²) in [5.41, 5.74) is 0. The van der Waals surface area contributed by atoms with Crippen LogP contribution in [0.3, 0.4) is 0 Å². The Labute approximate surface area is 69.6 Å². The molecule has 2 atom stereocenters. The molecule has 1 N–H and O–H groups in total. The topological polar surface area (TPSA) is 12.0 Å². The van der Waals surface area contributed by atoms with E-state index in [4.69, 9.17) is 0 Å². The fourth-order valence-corrected chi connectivity index (χ4v) is 2.39. The predicted molar refractivity (Wildman–Crippen MR) is 47.6 cm³/mol. The van der Waals surface area contributed by atoms with Crippen LogP contribution in [0.2, 0.25) is 0 Å². The van der Waals surface area contributed by atoms with Crippen molar-refractivity contribution in [3.05, 3.63) is 0 Å². The lowest BCUT2D eigenvalue weighted by Gasteiger charge is -2.39. The number of hydrogen-bond donors (Lipinski definition) is 1. The van der Waals surface area contributed by atoms with Crippen molar-refractivity contribution >= 4 is 0 Å². The maximum atomic E-state index is 3.72. The van der Waals surface area contributed by atoms with E-state index in [1.807, 2.05) is 0 Å². The van der Waals surface area contributed by atoms with Crippen molar-refractivity contribution in [2.24, 2.45) is 5.92 Å². The molecule has 0 spiro atoms. The molecule has 1 aliphatic heterocycles. The van der Waals surface area contributed by atoms with Gasteiger partial charge in [-0.05, 0) is 38.5 Å². The van der Waals surface area contributed by atoms with Crippen molar-refractivity contribution in [1.82, 2.24) is 5.32 Å². The summed E-state index contributed by atoms with van der Waals surface area (Å²) in [5.74, 6) is 1.04. The molecule has 2 unspecified atom stereocenters. The van der Waals surface area contributed by atoms with Crippen LogP contribution in [-0.2, 0) is 0 Å². The lowest BCUT2D eigenvalue weighted by molar-refractivity contribution is 0.180. The Morgan fingerprint density at radius 3 is 2.27 bits per heavy atom. The number of rotatable bonds is 1. The Bertz CT molecular complexity index is 129. The predicted octanol–water partition coefficient (Wildman–Crippen LogP) is 2.32. The molecular formula is C10H19N. The molecule has 2 rings (SSSR count). The highest BCUT2D eigenvalue weighted by atomic mass is 15.0. The van der Waals surface area contributed by atoms with Crippen molar-refractivity contribution in [3.8, 4) is 0 Å². The Balaban J connectivity index is 1.82. The van der Waals surface area contributed by atoms with Gasteiger partial charge in [0.15, 0.2) is 0 Å². The van der Waals surface area contributed by atoms with E-state index >= 15 is 0 Å². The van der Waals surface area contributed by atoms with Crippen LogP contribution in [0.25, 0.3) is 0 Å². The van der Waals surface area contributed by atoms with Crippen LogP contribution in [0.1, 0.15) is 45.4 Å². The average Bonchev–Trinajstić information content (AvgIpc) is 1.83. The number of hydrogen-bond acceptors (Lipinski definition) is 1. The first-order valence-corrected chi connectivity index (χ1v) is 5.12. The zero-order valence-corrected chi connectivity index (χ0v) is 7.47. The van der Waals surface area contributed by atoms with E-state index in [-0.39, 0.29) is 0 Å². The zero-order valence-electron chi connectivity index (χ0n) is 7.47. The average molecular weight is 153 g/mol. The lowest BCUT2D eigenvalue weighted by atomic mass is 9.76. The van der Waals surface area contributed by atoms with Gasteiger partial charge in [-0.2, -0.15) is 0 Å². The fraction of sp³-hybridized carbons (Fsp3) is 1.00. The first-order chi connectivity index (χ1) is 5.36. The molecule has 0 amide bonds. The zero-order chi connectivity index (χ0) is 7.68. The van der Waals surface area contributed by atoms with E-state index in [0.29, 0.717) is 0 Å². The monoisotopic (exact) mass is 153 g/mol. The SMILES string of the molecule is CC1CCCC(C2CCC2)N1. The summed E-state index contributed by atoms with van der Waals surface area (Å²) in [5, 5.41) is 3.72. The second kappa shape index (κ2) is 3.14. The van der Waals surface area contributed by atoms with Gasteiger partial charge in [-0.1, -0.05) is 12.8 Å². The van der Waals surface area contributed by atoms with E-state index in [9.17, 15) is 0 Å². The van der Waals surface area contributed by atoms with Gasteiger partial charge in [-0.3, -0.25) is 0 Å². The summed E-state index contributed by atoms with van der Waals surface area (Å²) >= 11 is 0. The summed E-state index contributed by atoms with van der Waals surface area (Å²) in [6.07, 6.45) is 8.75. The molecule has 1 saturated heterocycles. The van der Waals surface area contributed by atoms with Crippen LogP contribution < -0.4 is 5.32 Å². The highest BCUT2D eigenvalue weighted by molar-refractivity contribution is 4.87. The fourth-order valence-electron chi connectivity index (χ4n) is 2.39. The molecule has 1 saturated carbocycles. The minimum Gasteiger partial charge on any atom is -0.311 e. The molecule has 0 aromatic rings. The van der Waals surface area contributed by atoms with Crippen LogP contribution in [0.4, 0.5) is 0 Å². The van der Waals surface area contributed by atoms with Crippen LogP contribution in [-0.4, -0.2) is 12.1 Å². The van der Waals surface area contributed by atoms with Crippen molar-refractivity contribution in [2.45, 2.75) is 57.5 Å². The third kappa shape index (κ3) is 1.58. The van der Waals surface area contributed by atoms with Gasteiger partial charge in [0, 0.05) is 12.1 Å². The Hall–Kier alpha value is -0.0400. The van der Waals surface area contributed by atoms with Gasteiger partial charge < -0.3 is 5.32 Å². The highest BCUT2D eigenvalue weighted by Gasteiger charge is 2.29. The summed E-state index contributed by atoms with van der Waals surface area (Å²) in [6.45, 7) is 2.32. The molecule has 2 fully saturated rings. The molecule has 0 radical (unpaired) electrons. The van der Waals surface area contributed by atoms with Crippen LogP contribution >= 0.6 is 0 Å². The van der Waals surface area contributed by atoms with E-state index in [1.54, 1.807) is 0 Å². The molecule has 1 aliphatic carbocycles. The summed E-state index contributed by atoms with van der Waals surface area (Å²) in [4.78, 5) is 0. The van der Waals surface area contributed by atoms with Crippen molar-refractivity contribution in [2.75, 3.05) is 0 Å². The molecule has 1 nitrogen and oxygen atoms in total. The van der Waals surface area contributed by atoms with Gasteiger partial charge >= 0.3 is 0 Å². The molecule has 11 heavy (non-hydrogen) atoms. The van der Waals surface area contributed by atoms with Gasteiger partial charge in [0.1, 0.15) is 0 Å². The molecule has 0 bridgehead atoms. The Kier molecular flexibility index (Phi) is 2.17. The third-order valence-corrected chi connectivity index (χ3v) is 3.37. The van der Waals surface area contributed by atoms with E-state index in [2.05, 4.69) is 12.2 Å². The van der Waals surface area contributed by atoms with Crippen LogP contribution in [0.15, 0.2) is 0 Å². The standard InChI is InChI=1S/C10H19N/c1-8-4-2-7-10(11-8)9-5-3-6-9/h8-11H,2-7H2,1H3. The first kappa shape index (κ1) is 7.60. The summed E-state index contributed by atoms with van der Waals surface area (Å²) in [7, 11) is 0. The molecule has 1 heterocycles. The van der Waals surface area contributed by atoms with Gasteiger partial charge in [0.2, 0.25) is 0 Å². The molecular weight excluding hydrogens is 134 g/mol. The maximum absolute atomic E-state index is 3.72. The molecule has 0 aromatic carbocycles. The quantitative estimate of drug-likeness (QED) is 0.609. The van der Waals surface area contributed by atoms with Crippen molar-refractivity contribution in [3.63, 3.8) is 0 Å². The highest BCUT2D eigenvalue weighted by Crippen LogP contribution is 2.33. The van der Waals surface area contributed by atoms with E-state index < -0.39 is 0 Å². The summed E-state index contributed by atoms with van der Waals surface area (Å²) < 4.78 is 0. The third-order valence-electron chi connectivity index (χ3n) is 3.37. The van der Waals surface area contributed by atoms with Crippen LogP contribution in [0, 0.1) is 5.92 Å².